The second kappa shape index (κ2) is 6.30. The Morgan fingerprint density at radius 3 is 2.38 bits per heavy atom. The van der Waals surface area contributed by atoms with E-state index in [1.165, 1.54) is 19.1 Å². The average Bonchev–Trinajstić information content (AvgIpc) is 2.98. The number of nitro benzene ring substituents is 1. The number of non-ortho nitro benzene ring substituents is 1. The zero-order valence-corrected chi connectivity index (χ0v) is 12.6. The van der Waals surface area contributed by atoms with Crippen molar-refractivity contribution in [2.24, 2.45) is 0 Å². The number of halogens is 3. The minimum absolute atomic E-state index is 0.143. The Kier molecular flexibility index (Phi) is 4.58. The molecular formula is C14H12F3N3O4. The fraction of sp³-hybridized carbons (Fsp3) is 0.286. The van der Waals surface area contributed by atoms with E-state index in [1.54, 1.807) is 0 Å². The van der Waals surface area contributed by atoms with Crippen molar-refractivity contribution in [1.82, 2.24) is 9.55 Å². The molecule has 0 fully saturated rings. The third kappa shape index (κ3) is 3.36. The monoisotopic (exact) mass is 343 g/mol. The Labute approximate surface area is 133 Å². The van der Waals surface area contributed by atoms with Crippen LogP contribution in [0, 0.1) is 10.1 Å². The minimum atomic E-state index is -4.70. The van der Waals surface area contributed by atoms with Crippen LogP contribution in [-0.4, -0.2) is 27.6 Å². The van der Waals surface area contributed by atoms with Gasteiger partial charge in [-0.15, -0.1) is 0 Å². The molecule has 7 nitrogen and oxygen atoms in total. The van der Waals surface area contributed by atoms with Crippen molar-refractivity contribution in [2.75, 3.05) is 7.11 Å². The van der Waals surface area contributed by atoms with Crippen LogP contribution < -0.4 is 0 Å². The van der Waals surface area contributed by atoms with E-state index in [-0.39, 0.29) is 17.1 Å². The van der Waals surface area contributed by atoms with Crippen LogP contribution in [0.5, 0.6) is 0 Å². The highest BCUT2D eigenvalue weighted by atomic mass is 19.4. The smallest absolute Gasteiger partial charge is 0.434 e. The number of ether oxygens (including phenoxy) is 1. The second-order valence-corrected chi connectivity index (χ2v) is 4.86. The number of methoxy groups -OCH3 is 1. The number of alkyl halides is 3. The molecule has 0 aliphatic heterocycles. The number of hydrogen-bond acceptors (Lipinski definition) is 5. The number of imidazole rings is 1. The number of aromatic nitrogens is 2. The van der Waals surface area contributed by atoms with E-state index in [2.05, 4.69) is 9.72 Å². The van der Waals surface area contributed by atoms with Gasteiger partial charge in [0.25, 0.3) is 5.69 Å². The number of carbonyl (C=O) groups is 1. The SMILES string of the molecule is COC(=O)C(C)n1cc(C(F)(F)F)nc1-c1ccc([N+](=O)[O-])cc1. The number of hydrogen-bond donors (Lipinski definition) is 0. The first-order valence-electron chi connectivity index (χ1n) is 6.64. The quantitative estimate of drug-likeness (QED) is 0.483. The molecule has 0 spiro atoms. The molecule has 0 radical (unpaired) electrons. The fourth-order valence-electron chi connectivity index (χ4n) is 2.06. The topological polar surface area (TPSA) is 87.3 Å². The number of nitrogens with zero attached hydrogens (tertiary/aromatic N) is 3. The normalized spacial score (nSPS) is 12.7. The van der Waals surface area contributed by atoms with E-state index in [1.807, 2.05) is 0 Å². The van der Waals surface area contributed by atoms with Crippen molar-refractivity contribution in [3.8, 4) is 11.4 Å². The number of carbonyl (C=O) groups excluding carboxylic acids is 1. The maximum atomic E-state index is 12.9. The lowest BCUT2D eigenvalue weighted by molar-refractivity contribution is -0.384. The number of benzene rings is 1. The molecule has 0 aliphatic rings. The summed E-state index contributed by atoms with van der Waals surface area (Å²) in [6, 6.07) is 3.76. The molecule has 10 heteroatoms. The predicted molar refractivity (Wildman–Crippen MR) is 76.0 cm³/mol. The molecule has 128 valence electrons. The van der Waals surface area contributed by atoms with Crippen LogP contribution in [-0.2, 0) is 15.7 Å². The zero-order chi connectivity index (χ0) is 18.1. The average molecular weight is 343 g/mol. The van der Waals surface area contributed by atoms with Crippen LogP contribution in [0.25, 0.3) is 11.4 Å². The van der Waals surface area contributed by atoms with E-state index in [9.17, 15) is 28.1 Å². The molecule has 0 aliphatic carbocycles. The highest BCUT2D eigenvalue weighted by Gasteiger charge is 2.36. The Morgan fingerprint density at radius 2 is 1.92 bits per heavy atom. The Balaban J connectivity index is 2.56. The van der Waals surface area contributed by atoms with Gasteiger partial charge in [-0.3, -0.25) is 10.1 Å². The lowest BCUT2D eigenvalue weighted by Gasteiger charge is -2.14. The van der Waals surface area contributed by atoms with E-state index in [0.717, 1.165) is 23.8 Å². The largest absolute Gasteiger partial charge is 0.467 e. The summed E-state index contributed by atoms with van der Waals surface area (Å²) >= 11 is 0. The van der Waals surface area contributed by atoms with Gasteiger partial charge in [-0.25, -0.2) is 9.78 Å². The first-order chi connectivity index (χ1) is 11.1. The van der Waals surface area contributed by atoms with Crippen molar-refractivity contribution >= 4 is 11.7 Å². The van der Waals surface area contributed by atoms with E-state index in [4.69, 9.17) is 0 Å². The Bertz CT molecular complexity index is 769. The number of rotatable bonds is 4. The van der Waals surface area contributed by atoms with Crippen LogP contribution >= 0.6 is 0 Å². The minimum Gasteiger partial charge on any atom is -0.467 e. The van der Waals surface area contributed by atoms with Gasteiger partial charge in [0, 0.05) is 23.9 Å². The van der Waals surface area contributed by atoms with Gasteiger partial charge in [-0.05, 0) is 19.1 Å². The maximum absolute atomic E-state index is 12.9. The van der Waals surface area contributed by atoms with Crippen molar-refractivity contribution in [2.45, 2.75) is 19.1 Å². The van der Waals surface area contributed by atoms with Crippen LogP contribution in [0.2, 0.25) is 0 Å². The molecule has 0 amide bonds. The van der Waals surface area contributed by atoms with Gasteiger partial charge in [-0.2, -0.15) is 13.2 Å². The van der Waals surface area contributed by atoms with Crippen LogP contribution in [0.1, 0.15) is 18.7 Å². The van der Waals surface area contributed by atoms with Crippen molar-refractivity contribution < 1.29 is 27.6 Å². The summed E-state index contributed by atoms with van der Waals surface area (Å²) in [5.41, 5.74) is -1.19. The van der Waals surface area contributed by atoms with Gasteiger partial charge >= 0.3 is 12.1 Å². The van der Waals surface area contributed by atoms with Crippen molar-refractivity contribution in [3.63, 3.8) is 0 Å². The number of nitro groups is 1. The first kappa shape index (κ1) is 17.4. The maximum Gasteiger partial charge on any atom is 0.434 e. The highest BCUT2D eigenvalue weighted by molar-refractivity contribution is 5.75. The lowest BCUT2D eigenvalue weighted by atomic mass is 10.2. The van der Waals surface area contributed by atoms with Crippen molar-refractivity contribution in [1.29, 1.82) is 0 Å². The predicted octanol–water partition coefficient (Wildman–Crippen LogP) is 3.21. The first-order valence-corrected chi connectivity index (χ1v) is 6.64. The molecule has 0 bridgehead atoms. The van der Waals surface area contributed by atoms with E-state index < -0.39 is 28.8 Å². The van der Waals surface area contributed by atoms with Gasteiger partial charge in [0.15, 0.2) is 5.69 Å². The summed E-state index contributed by atoms with van der Waals surface area (Å²) in [6.45, 7) is 1.36. The molecule has 1 unspecified atom stereocenters. The summed E-state index contributed by atoms with van der Waals surface area (Å²) in [6.07, 6.45) is -3.99. The molecule has 1 aromatic carbocycles. The van der Waals surface area contributed by atoms with Crippen molar-refractivity contribution in [3.05, 3.63) is 46.3 Å². The third-order valence-corrected chi connectivity index (χ3v) is 3.32. The van der Waals surface area contributed by atoms with Gasteiger partial charge in [0.05, 0.1) is 12.0 Å². The third-order valence-electron chi connectivity index (χ3n) is 3.32. The van der Waals surface area contributed by atoms with Gasteiger partial charge in [-0.1, -0.05) is 0 Å². The molecule has 0 N–H and O–H groups in total. The van der Waals surface area contributed by atoms with Crippen LogP contribution in [0.4, 0.5) is 18.9 Å². The summed E-state index contributed by atoms with van der Waals surface area (Å²) in [5, 5.41) is 10.7. The molecule has 1 atom stereocenters. The van der Waals surface area contributed by atoms with Gasteiger partial charge < -0.3 is 9.30 Å². The summed E-state index contributed by atoms with van der Waals surface area (Å²) in [4.78, 5) is 25.2. The highest BCUT2D eigenvalue weighted by Crippen LogP contribution is 2.33. The zero-order valence-electron chi connectivity index (χ0n) is 12.6. The molecule has 24 heavy (non-hydrogen) atoms. The van der Waals surface area contributed by atoms with Gasteiger partial charge in [0.2, 0.25) is 0 Å². The Hall–Kier alpha value is -2.91. The van der Waals surface area contributed by atoms with E-state index in [0.29, 0.717) is 6.20 Å². The molecule has 0 saturated heterocycles. The molecule has 2 rings (SSSR count). The molecule has 2 aromatic rings. The lowest BCUT2D eigenvalue weighted by Crippen LogP contribution is -2.18. The van der Waals surface area contributed by atoms with Crippen LogP contribution in [0.3, 0.4) is 0 Å². The van der Waals surface area contributed by atoms with E-state index >= 15 is 0 Å². The summed E-state index contributed by atoms with van der Waals surface area (Å²) < 4.78 is 44.4. The fourth-order valence-corrected chi connectivity index (χ4v) is 2.06. The molecule has 0 saturated carbocycles. The second-order valence-electron chi connectivity index (χ2n) is 4.86. The molecule has 1 aromatic heterocycles. The summed E-state index contributed by atoms with van der Waals surface area (Å²) in [7, 11) is 1.12. The van der Waals surface area contributed by atoms with Crippen LogP contribution in [0.15, 0.2) is 30.5 Å². The number of esters is 1. The molecule has 1 heterocycles. The Morgan fingerprint density at radius 1 is 1.33 bits per heavy atom. The standard InChI is InChI=1S/C14H12F3N3O4/c1-8(13(21)24-2)19-7-11(14(15,16)17)18-12(19)9-3-5-10(6-4-9)20(22)23/h3-8H,1-2H3. The summed E-state index contributed by atoms with van der Waals surface area (Å²) in [5.74, 6) is -0.889. The van der Waals surface area contributed by atoms with Gasteiger partial charge in [0.1, 0.15) is 11.9 Å². The molecular weight excluding hydrogens is 331 g/mol.